The van der Waals surface area contributed by atoms with Crippen molar-refractivity contribution in [2.45, 2.75) is 0 Å². The van der Waals surface area contributed by atoms with Crippen LogP contribution in [0.3, 0.4) is 0 Å². The monoisotopic (exact) mass is 507 g/mol. The maximum Gasteiger partial charge on any atom is 0.317 e. The molecule has 0 heterocycles. The molecule has 0 aromatic rings. The van der Waals surface area contributed by atoms with Crippen LogP contribution in [0, 0.1) is 39.9 Å². The number of rotatable bonds is 11. The predicted octanol–water partition coefficient (Wildman–Crippen LogP) is -4.84. The Labute approximate surface area is 168 Å². The molecule has 0 rings (SSSR count). The van der Waals surface area contributed by atoms with Gasteiger partial charge in [0, 0.05) is 53.0 Å². The molecule has 0 aromatic heterocycles. The van der Waals surface area contributed by atoms with E-state index in [2.05, 4.69) is 0 Å². The fourth-order valence-electron chi connectivity index (χ4n) is 1.48. The number of carbonyl (C=O) groups is 4. The second kappa shape index (κ2) is 18.3. The van der Waals surface area contributed by atoms with Crippen LogP contribution >= 0.6 is 0 Å². The van der Waals surface area contributed by atoms with Crippen LogP contribution in [0.2, 0.25) is 0 Å². The van der Waals surface area contributed by atoms with Gasteiger partial charge < -0.3 is 36.9 Å². The van der Waals surface area contributed by atoms with Crippen molar-refractivity contribution < 1.29 is 96.0 Å². The fourth-order valence-corrected chi connectivity index (χ4v) is 1.48. The molecule has 0 unspecified atom stereocenters. The molecule has 13 nitrogen and oxygen atoms in total. The van der Waals surface area contributed by atoms with E-state index in [0.717, 1.165) is 9.80 Å². The predicted molar refractivity (Wildman–Crippen MR) is 78.0 cm³/mol. The first kappa shape index (κ1) is 34.4. The molecular formula is C10H25GdN2O11+3. The zero-order valence-electron chi connectivity index (χ0n) is 12.6. The Balaban J connectivity index is -0.000000301. The summed E-state index contributed by atoms with van der Waals surface area (Å²) in [6.45, 7) is -2.25. The topological polar surface area (TPSA) is 255 Å². The third-order valence-electron chi connectivity index (χ3n) is 2.17. The molecule has 0 atom stereocenters. The Morgan fingerprint density at radius 2 is 0.708 bits per heavy atom. The van der Waals surface area contributed by atoms with Gasteiger partial charge in [-0.15, -0.1) is 0 Å². The van der Waals surface area contributed by atoms with Crippen LogP contribution < -0.4 is 0 Å². The van der Waals surface area contributed by atoms with E-state index >= 15 is 0 Å². The molecule has 146 valence electrons. The summed E-state index contributed by atoms with van der Waals surface area (Å²) in [5.74, 6) is -4.91. The quantitative estimate of drug-likeness (QED) is 0.194. The summed E-state index contributed by atoms with van der Waals surface area (Å²) in [6.07, 6.45) is 0. The molecule has 0 aliphatic rings. The fraction of sp³-hybridized carbons (Fsp3) is 0.600. The van der Waals surface area contributed by atoms with Gasteiger partial charge in [-0.1, -0.05) is 0 Å². The van der Waals surface area contributed by atoms with Gasteiger partial charge in [0.25, 0.3) is 0 Å². The van der Waals surface area contributed by atoms with E-state index in [-0.39, 0.29) is 69.5 Å². The third-order valence-corrected chi connectivity index (χ3v) is 2.17. The van der Waals surface area contributed by atoms with Gasteiger partial charge in [-0.05, 0) is 0 Å². The van der Waals surface area contributed by atoms with E-state index in [1.165, 1.54) is 0 Å². The number of carboxylic acid groups (broad SMARTS) is 4. The molecule has 0 aliphatic carbocycles. The van der Waals surface area contributed by atoms with Crippen LogP contribution in [0.1, 0.15) is 0 Å². The van der Waals surface area contributed by atoms with Gasteiger partial charge in [-0.25, -0.2) is 0 Å². The van der Waals surface area contributed by atoms with Gasteiger partial charge in [0.1, 0.15) is 0 Å². The molecule has 0 spiro atoms. The molecule has 0 saturated heterocycles. The van der Waals surface area contributed by atoms with Gasteiger partial charge in [-0.3, -0.25) is 29.0 Å². The van der Waals surface area contributed by atoms with Gasteiger partial charge in [-0.2, -0.15) is 0 Å². The first-order valence-electron chi connectivity index (χ1n) is 5.52. The zero-order valence-corrected chi connectivity index (χ0v) is 14.9. The summed E-state index contributed by atoms with van der Waals surface area (Å²) in [5, 5.41) is 34.5. The van der Waals surface area contributed by atoms with Crippen molar-refractivity contribution in [1.29, 1.82) is 0 Å². The molecule has 24 heavy (non-hydrogen) atoms. The summed E-state index contributed by atoms with van der Waals surface area (Å²) >= 11 is 0. The van der Waals surface area contributed by atoms with Crippen molar-refractivity contribution in [3.63, 3.8) is 0 Å². The van der Waals surface area contributed by atoms with E-state index in [1.807, 2.05) is 0 Å². The first-order chi connectivity index (χ1) is 9.20. The smallest absolute Gasteiger partial charge is 0.317 e. The van der Waals surface area contributed by atoms with Crippen molar-refractivity contribution >= 4 is 23.9 Å². The minimum atomic E-state index is -1.23. The molecule has 0 aromatic carbocycles. The van der Waals surface area contributed by atoms with E-state index in [0.29, 0.717) is 0 Å². The summed E-state index contributed by atoms with van der Waals surface area (Å²) < 4.78 is 0. The Hall–Kier alpha value is -0.995. The summed E-state index contributed by atoms with van der Waals surface area (Å²) in [6, 6.07) is 0. The van der Waals surface area contributed by atoms with Gasteiger partial charge >= 0.3 is 23.9 Å². The van der Waals surface area contributed by atoms with E-state index in [4.69, 9.17) is 20.4 Å². The number of carboxylic acids is 4. The Kier molecular flexibility index (Phi) is 26.3. The zero-order chi connectivity index (χ0) is 15.7. The second-order valence-corrected chi connectivity index (χ2v) is 4.00. The molecule has 0 saturated carbocycles. The average molecular weight is 507 g/mol. The molecule has 0 fully saturated rings. The van der Waals surface area contributed by atoms with Crippen LogP contribution in [0.5, 0.6) is 0 Å². The molecule has 14 heteroatoms. The minimum absolute atomic E-state index is 0. The molecule has 0 radical (unpaired) electrons. The molecular weight excluding hydrogens is 481 g/mol. The van der Waals surface area contributed by atoms with Crippen LogP contribution in [0.25, 0.3) is 0 Å². The van der Waals surface area contributed by atoms with Gasteiger partial charge in [0.05, 0.1) is 26.2 Å². The number of hydrogen-bond donors (Lipinski definition) is 4. The van der Waals surface area contributed by atoms with Crippen molar-refractivity contribution in [2.75, 3.05) is 39.3 Å². The van der Waals surface area contributed by atoms with Gasteiger partial charge in [0.2, 0.25) is 0 Å². The standard InChI is InChI=1S/C10H16N2O8.Gd.3H2O/c13-7(14)3-11(4-8(15)16)1-2-12(5-9(17)18)6-10(19)20;;;;/h1-6H2,(H,13,14)(H,15,16)(H,17,18)(H,19,20);;3*1H2/p+3. The molecule has 0 bridgehead atoms. The molecule has 0 aliphatic heterocycles. The van der Waals surface area contributed by atoms with Crippen molar-refractivity contribution in [3.8, 4) is 0 Å². The molecule has 0 amide bonds. The Bertz CT molecular complexity index is 325. The van der Waals surface area contributed by atoms with Gasteiger partial charge in [0.15, 0.2) is 0 Å². The SMILES string of the molecule is O=C(O)CN(CCN(CC(=O)O)CC(=O)O)CC(=O)O.[Gd].[OH3+].[OH3+].[OH3+]. The maximum atomic E-state index is 10.6. The van der Waals surface area contributed by atoms with Crippen molar-refractivity contribution in [3.05, 3.63) is 0 Å². The van der Waals surface area contributed by atoms with Crippen molar-refractivity contribution in [2.24, 2.45) is 0 Å². The summed E-state index contributed by atoms with van der Waals surface area (Å²) in [4.78, 5) is 44.4. The van der Waals surface area contributed by atoms with E-state index in [1.54, 1.807) is 0 Å². The van der Waals surface area contributed by atoms with Crippen molar-refractivity contribution in [1.82, 2.24) is 9.80 Å². The minimum Gasteiger partial charge on any atom is -0.480 e. The Morgan fingerprint density at radius 3 is 0.833 bits per heavy atom. The van der Waals surface area contributed by atoms with E-state index in [9.17, 15) is 19.2 Å². The second-order valence-electron chi connectivity index (χ2n) is 4.00. The summed E-state index contributed by atoms with van der Waals surface area (Å²) in [5.41, 5.74) is 0. The number of hydrogen-bond acceptors (Lipinski definition) is 6. The first-order valence-corrected chi connectivity index (χ1v) is 5.52. The van der Waals surface area contributed by atoms with Crippen LogP contribution in [0.15, 0.2) is 0 Å². The third kappa shape index (κ3) is 21.0. The summed E-state index contributed by atoms with van der Waals surface area (Å²) in [7, 11) is 0. The Morgan fingerprint density at radius 1 is 0.542 bits per heavy atom. The van der Waals surface area contributed by atoms with Crippen LogP contribution in [-0.4, -0.2) is 93.4 Å². The van der Waals surface area contributed by atoms with Crippen LogP contribution in [-0.2, 0) is 35.6 Å². The average Bonchev–Trinajstić information content (AvgIpc) is 2.22. The number of nitrogens with zero attached hydrogens (tertiary/aromatic N) is 2. The van der Waals surface area contributed by atoms with E-state index < -0.39 is 50.1 Å². The van der Waals surface area contributed by atoms with Crippen LogP contribution in [0.4, 0.5) is 0 Å². The number of aliphatic carboxylic acids is 4. The largest absolute Gasteiger partial charge is 0.480 e. The normalized spacial score (nSPS) is 8.92. The maximum absolute atomic E-state index is 10.6. The molecule has 13 N–H and O–H groups in total.